The number of hydrogen-bond donors (Lipinski definition) is 2. The number of hydrogen-bond acceptors (Lipinski definition) is 3. The summed E-state index contributed by atoms with van der Waals surface area (Å²) < 4.78 is 5.26. The highest BCUT2D eigenvalue weighted by Gasteiger charge is 2.24. The van der Waals surface area contributed by atoms with Crippen molar-refractivity contribution in [2.75, 3.05) is 12.4 Å². The third kappa shape index (κ3) is 5.46. The van der Waals surface area contributed by atoms with Crippen LogP contribution >= 0.6 is 0 Å². The van der Waals surface area contributed by atoms with Crippen LogP contribution < -0.4 is 15.4 Å². The maximum atomic E-state index is 13.2. The van der Waals surface area contributed by atoms with Gasteiger partial charge >= 0.3 is 0 Å². The Morgan fingerprint density at radius 1 is 0.931 bits per heavy atom. The first kappa shape index (κ1) is 20.6. The maximum Gasteiger partial charge on any atom is 0.246 e. The number of aryl methyl sites for hydroxylation is 1. The predicted octanol–water partition coefficient (Wildman–Crippen LogP) is 5.42. The van der Waals surface area contributed by atoms with Crippen LogP contribution in [0.1, 0.15) is 42.1 Å². The summed E-state index contributed by atoms with van der Waals surface area (Å²) >= 11 is 0. The van der Waals surface area contributed by atoms with E-state index >= 15 is 0 Å². The molecule has 150 valence electrons. The molecule has 0 aliphatic carbocycles. The molecule has 2 N–H and O–H groups in total. The van der Waals surface area contributed by atoms with Gasteiger partial charge in [-0.1, -0.05) is 73.2 Å². The molecule has 0 radical (unpaired) electrons. The van der Waals surface area contributed by atoms with E-state index in [1.165, 1.54) is 11.1 Å². The Balaban J connectivity index is 1.85. The molecule has 29 heavy (non-hydrogen) atoms. The normalized spacial score (nSPS) is 12.8. The van der Waals surface area contributed by atoms with Gasteiger partial charge in [0, 0.05) is 17.8 Å². The SMILES string of the molecule is CC[C@@H](N[C@@H](C(=O)Nc1cccc(OC)c1)c1ccccc1)c1ccc(C)cc1. The molecule has 0 saturated carbocycles. The third-order valence-corrected chi connectivity index (χ3v) is 4.99. The van der Waals surface area contributed by atoms with Gasteiger partial charge in [0.1, 0.15) is 11.8 Å². The smallest absolute Gasteiger partial charge is 0.246 e. The van der Waals surface area contributed by atoms with Crippen LogP contribution in [0.2, 0.25) is 0 Å². The highest BCUT2D eigenvalue weighted by molar-refractivity contribution is 5.95. The van der Waals surface area contributed by atoms with E-state index in [0.717, 1.165) is 12.0 Å². The fourth-order valence-corrected chi connectivity index (χ4v) is 3.33. The van der Waals surface area contributed by atoms with Crippen LogP contribution in [0.5, 0.6) is 5.75 Å². The van der Waals surface area contributed by atoms with Crippen molar-refractivity contribution in [1.82, 2.24) is 5.32 Å². The van der Waals surface area contributed by atoms with Crippen LogP contribution in [0.3, 0.4) is 0 Å². The highest BCUT2D eigenvalue weighted by Crippen LogP contribution is 2.25. The van der Waals surface area contributed by atoms with Crippen LogP contribution in [0.4, 0.5) is 5.69 Å². The van der Waals surface area contributed by atoms with Crippen molar-refractivity contribution in [2.45, 2.75) is 32.4 Å². The van der Waals surface area contributed by atoms with Gasteiger partial charge in [-0.05, 0) is 36.6 Å². The van der Waals surface area contributed by atoms with Crippen LogP contribution in [-0.2, 0) is 4.79 Å². The largest absolute Gasteiger partial charge is 0.497 e. The summed E-state index contributed by atoms with van der Waals surface area (Å²) in [4.78, 5) is 13.2. The van der Waals surface area contributed by atoms with Gasteiger partial charge < -0.3 is 10.1 Å². The number of ether oxygens (including phenoxy) is 1. The van der Waals surface area contributed by atoms with Crippen molar-refractivity contribution in [1.29, 1.82) is 0 Å². The Bertz CT molecular complexity index is 923. The van der Waals surface area contributed by atoms with E-state index in [1.54, 1.807) is 7.11 Å². The molecule has 0 saturated heterocycles. The van der Waals surface area contributed by atoms with Gasteiger partial charge in [0.25, 0.3) is 0 Å². The van der Waals surface area contributed by atoms with E-state index in [4.69, 9.17) is 4.74 Å². The molecule has 0 aromatic heterocycles. The van der Waals surface area contributed by atoms with Gasteiger partial charge in [0.05, 0.1) is 7.11 Å². The summed E-state index contributed by atoms with van der Waals surface area (Å²) in [6.07, 6.45) is 0.874. The van der Waals surface area contributed by atoms with Gasteiger partial charge in [-0.2, -0.15) is 0 Å². The number of carbonyl (C=O) groups excluding carboxylic acids is 1. The second kappa shape index (κ2) is 9.89. The van der Waals surface area contributed by atoms with Crippen molar-refractivity contribution < 1.29 is 9.53 Å². The summed E-state index contributed by atoms with van der Waals surface area (Å²) in [6, 6.07) is 25.3. The molecule has 0 spiro atoms. The number of nitrogens with one attached hydrogen (secondary N) is 2. The molecule has 3 aromatic carbocycles. The average Bonchev–Trinajstić information content (AvgIpc) is 2.76. The molecule has 0 unspecified atom stereocenters. The fourth-order valence-electron chi connectivity index (χ4n) is 3.33. The monoisotopic (exact) mass is 388 g/mol. The molecular weight excluding hydrogens is 360 g/mol. The standard InChI is InChI=1S/C25H28N2O2/c1-4-23(19-15-13-18(2)14-16-19)27-24(20-9-6-5-7-10-20)25(28)26-21-11-8-12-22(17-21)29-3/h5-17,23-24,27H,4H2,1-3H3,(H,26,28)/t23-,24-/m1/s1. The van der Waals surface area contributed by atoms with Crippen molar-refractivity contribution in [2.24, 2.45) is 0 Å². The summed E-state index contributed by atoms with van der Waals surface area (Å²) in [5, 5.41) is 6.58. The van der Waals surface area contributed by atoms with Gasteiger partial charge in [-0.25, -0.2) is 0 Å². The summed E-state index contributed by atoms with van der Waals surface area (Å²) in [5.74, 6) is 0.605. The molecule has 2 atom stereocenters. The summed E-state index contributed by atoms with van der Waals surface area (Å²) in [7, 11) is 1.61. The van der Waals surface area contributed by atoms with E-state index in [2.05, 4.69) is 48.7 Å². The van der Waals surface area contributed by atoms with Crippen LogP contribution in [0.15, 0.2) is 78.9 Å². The topological polar surface area (TPSA) is 50.4 Å². The number of carbonyl (C=O) groups is 1. The van der Waals surface area contributed by atoms with Crippen LogP contribution in [0.25, 0.3) is 0 Å². The van der Waals surface area contributed by atoms with Gasteiger partial charge in [-0.3, -0.25) is 10.1 Å². The predicted molar refractivity (Wildman–Crippen MR) is 118 cm³/mol. The minimum atomic E-state index is -0.478. The van der Waals surface area contributed by atoms with Gasteiger partial charge in [-0.15, -0.1) is 0 Å². The molecule has 4 nitrogen and oxygen atoms in total. The van der Waals surface area contributed by atoms with Crippen molar-refractivity contribution in [3.8, 4) is 5.75 Å². The molecule has 1 amide bonds. The molecule has 0 aliphatic heterocycles. The number of amides is 1. The Morgan fingerprint density at radius 2 is 1.66 bits per heavy atom. The second-order valence-corrected chi connectivity index (χ2v) is 7.10. The summed E-state index contributed by atoms with van der Waals surface area (Å²) in [6.45, 7) is 4.20. The lowest BCUT2D eigenvalue weighted by Crippen LogP contribution is -2.35. The first-order chi connectivity index (χ1) is 14.1. The van der Waals surface area contributed by atoms with Gasteiger partial charge in [0.2, 0.25) is 5.91 Å². The van der Waals surface area contributed by atoms with E-state index in [1.807, 2.05) is 54.6 Å². The molecule has 0 bridgehead atoms. The third-order valence-electron chi connectivity index (χ3n) is 4.99. The Labute approximate surface area is 172 Å². The average molecular weight is 389 g/mol. The number of benzene rings is 3. The van der Waals surface area contributed by atoms with Gasteiger partial charge in [0.15, 0.2) is 0 Å². The Kier molecular flexibility index (Phi) is 7.04. The molecule has 3 rings (SSSR count). The van der Waals surface area contributed by atoms with Crippen LogP contribution in [-0.4, -0.2) is 13.0 Å². The van der Waals surface area contributed by atoms with Crippen molar-refractivity contribution in [3.63, 3.8) is 0 Å². The zero-order valence-electron chi connectivity index (χ0n) is 17.2. The molecular formula is C25H28N2O2. The lowest BCUT2D eigenvalue weighted by molar-refractivity contribution is -0.118. The molecule has 0 heterocycles. The minimum Gasteiger partial charge on any atom is -0.497 e. The van der Waals surface area contributed by atoms with E-state index in [-0.39, 0.29) is 11.9 Å². The lowest BCUT2D eigenvalue weighted by Gasteiger charge is -2.25. The van der Waals surface area contributed by atoms with Crippen molar-refractivity contribution >= 4 is 11.6 Å². The van der Waals surface area contributed by atoms with Crippen LogP contribution in [0, 0.1) is 6.92 Å². The van der Waals surface area contributed by atoms with E-state index in [9.17, 15) is 4.79 Å². The Hall–Kier alpha value is -3.11. The summed E-state index contributed by atoms with van der Waals surface area (Å²) in [5.41, 5.74) is 4.03. The second-order valence-electron chi connectivity index (χ2n) is 7.10. The zero-order chi connectivity index (χ0) is 20.6. The maximum absolute atomic E-state index is 13.2. The lowest BCUT2D eigenvalue weighted by atomic mass is 9.99. The van der Waals surface area contributed by atoms with Crippen molar-refractivity contribution in [3.05, 3.63) is 95.6 Å². The molecule has 0 fully saturated rings. The minimum absolute atomic E-state index is 0.0665. The molecule has 4 heteroatoms. The quantitative estimate of drug-likeness (QED) is 0.541. The number of rotatable bonds is 8. The Morgan fingerprint density at radius 3 is 2.31 bits per heavy atom. The fraction of sp³-hybridized carbons (Fsp3) is 0.240. The number of methoxy groups -OCH3 is 1. The molecule has 3 aromatic rings. The first-order valence-electron chi connectivity index (χ1n) is 9.93. The molecule has 0 aliphatic rings. The highest BCUT2D eigenvalue weighted by atomic mass is 16.5. The van der Waals surface area contributed by atoms with E-state index in [0.29, 0.717) is 11.4 Å². The van der Waals surface area contributed by atoms with E-state index < -0.39 is 6.04 Å². The number of anilines is 1. The zero-order valence-corrected chi connectivity index (χ0v) is 17.2. The first-order valence-corrected chi connectivity index (χ1v) is 9.93.